The Labute approximate surface area is 459 Å². The predicted molar refractivity (Wildman–Crippen MR) is 302 cm³/mol. The number of aliphatic hydroxyl groups is 6. The van der Waals surface area contributed by atoms with Crippen LogP contribution in [-0.4, -0.2) is 103 Å². The minimum Gasteiger partial charge on any atom is -0.508 e. The van der Waals surface area contributed by atoms with Gasteiger partial charge in [-0.25, -0.2) is 0 Å². The Morgan fingerprint density at radius 3 is 2.46 bits per heavy atom. The highest BCUT2D eigenvalue weighted by Gasteiger charge is 2.64. The van der Waals surface area contributed by atoms with E-state index in [0.29, 0.717) is 71.9 Å². The molecule has 12 unspecified atom stereocenters. The zero-order chi connectivity index (χ0) is 56.1. The van der Waals surface area contributed by atoms with Gasteiger partial charge in [0.2, 0.25) is 11.9 Å². The minimum atomic E-state index is -1.65. The molecular weight excluding hydrogens is 985 g/mol. The van der Waals surface area contributed by atoms with Crippen molar-refractivity contribution in [1.82, 2.24) is 16.0 Å². The van der Waals surface area contributed by atoms with E-state index in [0.717, 1.165) is 27.8 Å². The third kappa shape index (κ3) is 12.3. The van der Waals surface area contributed by atoms with E-state index < -0.39 is 76.7 Å². The molecular formula is C63H80N6O9. The van der Waals surface area contributed by atoms with Gasteiger partial charge in [0.25, 0.3) is 0 Å². The second-order valence-corrected chi connectivity index (χ2v) is 23.0. The number of Topliss-reactive ketones (excluding diaryl/α,β-unsaturated/α-hetero) is 1. The fourth-order valence-corrected chi connectivity index (χ4v) is 13.4. The first kappa shape index (κ1) is 58.0. The fourth-order valence-electron chi connectivity index (χ4n) is 13.4. The molecule has 12 atom stereocenters. The number of allylic oxidation sites excluding steroid dienone is 5. The summed E-state index contributed by atoms with van der Waals surface area (Å²) in [5, 5.41) is 92.6. The van der Waals surface area contributed by atoms with Crippen molar-refractivity contribution in [2.24, 2.45) is 39.6 Å². The number of fused-ring (bicyclic) bond motifs is 5. The summed E-state index contributed by atoms with van der Waals surface area (Å²) in [7, 11) is 0. The average molecular weight is 1070 g/mol. The van der Waals surface area contributed by atoms with Crippen molar-refractivity contribution in [2.75, 3.05) is 19.7 Å². The van der Waals surface area contributed by atoms with Gasteiger partial charge in [0.1, 0.15) is 18.0 Å². The van der Waals surface area contributed by atoms with Gasteiger partial charge < -0.3 is 57.8 Å². The van der Waals surface area contributed by atoms with E-state index >= 15 is 4.79 Å². The minimum absolute atomic E-state index is 0.0695. The largest absolute Gasteiger partial charge is 0.508 e. The predicted octanol–water partition coefficient (Wildman–Crippen LogP) is 5.54. The lowest BCUT2D eigenvalue weighted by Gasteiger charge is -2.56. The van der Waals surface area contributed by atoms with Gasteiger partial charge in [-0.1, -0.05) is 103 Å². The number of rotatable bonds is 8. The van der Waals surface area contributed by atoms with Gasteiger partial charge in [-0.2, -0.15) is 4.99 Å². The average Bonchev–Trinajstić information content (AvgIpc) is 3.97. The molecule has 1 spiro atoms. The monoisotopic (exact) mass is 1060 g/mol. The molecule has 14 N–H and O–H groups in total. The number of aromatic hydroxyl groups is 1. The number of benzene rings is 3. The molecule has 3 aromatic rings. The highest BCUT2D eigenvalue weighted by atomic mass is 16.3. The zero-order valence-electron chi connectivity index (χ0n) is 45.5. The van der Waals surface area contributed by atoms with Crippen molar-refractivity contribution in [1.29, 1.82) is 0 Å². The number of aliphatic hydroxyl groups excluding tert-OH is 4. The van der Waals surface area contributed by atoms with Crippen LogP contribution in [0, 0.1) is 35.1 Å². The maximum atomic E-state index is 15.1. The van der Waals surface area contributed by atoms with Crippen molar-refractivity contribution in [2.45, 2.75) is 146 Å². The van der Waals surface area contributed by atoms with E-state index in [4.69, 9.17) is 11.5 Å². The molecule has 416 valence electrons. The first-order chi connectivity index (χ1) is 37.2. The molecule has 1 amide bonds. The Balaban J connectivity index is 1.22. The van der Waals surface area contributed by atoms with Crippen LogP contribution in [0.15, 0.2) is 130 Å². The molecule has 5 aliphatic rings. The van der Waals surface area contributed by atoms with E-state index in [-0.39, 0.29) is 69.3 Å². The lowest BCUT2D eigenvalue weighted by molar-refractivity contribution is -0.168. The number of amides is 1. The molecule has 2 fully saturated rings. The summed E-state index contributed by atoms with van der Waals surface area (Å²) < 4.78 is 0. The van der Waals surface area contributed by atoms with Crippen molar-refractivity contribution >= 4 is 17.6 Å². The first-order valence-electron chi connectivity index (χ1n) is 27.5. The quantitative estimate of drug-likeness (QED) is 0.0751. The van der Waals surface area contributed by atoms with Crippen LogP contribution in [0.25, 0.3) is 0 Å². The van der Waals surface area contributed by atoms with Crippen LogP contribution in [0.1, 0.15) is 131 Å². The van der Waals surface area contributed by atoms with Gasteiger partial charge in [-0.15, -0.1) is 0 Å². The summed E-state index contributed by atoms with van der Waals surface area (Å²) in [5.74, 6) is 0.371. The molecule has 0 radical (unpaired) electrons. The number of nitrogens with one attached hydrogen (secondary N) is 3. The van der Waals surface area contributed by atoms with Gasteiger partial charge in [-0.05, 0) is 154 Å². The standard InChI is InChI=1S/C63H80N6O9/c1-37(2)16-23-53(73)38(3)10-6-14-44(35-70)48-25-28-63(57(48)75)51-22-21-46(72)31-40-11-7-12-41(30-40)32-52-50(42-17-19-45(71)20-18-42)34-67-60(65)66-29-9-26-62(52,78)36-68-56-55-43(13-8-15-49(55)58(64)69-59(56)76)33-54(74)39(4)47(51)24-27-61(63,5)77/h6-8,10-20,30,46,48,50-53,56-58,68,70-73,75,77-78H,3,21-28,31-36,64H2,1-2,4-5H3,(H,69,76)(H3,65,66,67). The molecule has 15 nitrogen and oxygen atoms in total. The maximum absolute atomic E-state index is 15.1. The van der Waals surface area contributed by atoms with E-state index in [9.17, 15) is 40.5 Å². The molecule has 3 heterocycles. The number of hydrogen-bond donors (Lipinski definition) is 12. The Kier molecular flexibility index (Phi) is 18.2. The van der Waals surface area contributed by atoms with Gasteiger partial charge in [0.15, 0.2) is 5.78 Å². The zero-order valence-corrected chi connectivity index (χ0v) is 45.5. The number of nitrogens with two attached hydrogens (primary N) is 2. The number of phenols is 1. The maximum Gasteiger partial charge on any atom is 0.243 e. The van der Waals surface area contributed by atoms with Crippen molar-refractivity contribution in [3.05, 3.63) is 159 Å². The first-order valence-corrected chi connectivity index (χ1v) is 27.5. The lowest BCUT2D eigenvalue weighted by atomic mass is 9.52. The van der Waals surface area contributed by atoms with Crippen LogP contribution >= 0.6 is 0 Å². The number of hydrogen-bond acceptors (Lipinski definition) is 14. The van der Waals surface area contributed by atoms with Crippen LogP contribution in [0.5, 0.6) is 5.75 Å². The van der Waals surface area contributed by atoms with Gasteiger partial charge >= 0.3 is 0 Å². The highest BCUT2D eigenvalue weighted by molar-refractivity contribution is 5.98. The summed E-state index contributed by atoms with van der Waals surface area (Å²) in [4.78, 5) is 33.7. The summed E-state index contributed by atoms with van der Waals surface area (Å²) >= 11 is 0. The molecule has 2 bridgehead atoms. The SMILES string of the molecule is C=C(C=CC=C(CO)C1CCC2(C3CCC(O)Cc4cccc(c4)CC4C(c5ccc(O)cc5)CNC(N)=NC#CCC4(O)CNC4C(=O)NC(N)c5cccc(c54)CC(=O)C(C)=C3CCC2(C)O)C1O)C(O)CC=C(C)C. The van der Waals surface area contributed by atoms with Crippen molar-refractivity contribution < 1.29 is 45.3 Å². The van der Waals surface area contributed by atoms with Gasteiger partial charge in [-0.3, -0.25) is 14.9 Å². The number of ketones is 1. The smallest absolute Gasteiger partial charge is 0.243 e. The Hall–Kier alpha value is -6.19. The van der Waals surface area contributed by atoms with Crippen LogP contribution in [-0.2, 0) is 28.9 Å². The third-order valence-electron chi connectivity index (χ3n) is 17.8. The number of nitrogens with zero attached hydrogens (tertiary/aromatic N) is 1. The molecule has 78 heavy (non-hydrogen) atoms. The van der Waals surface area contributed by atoms with E-state index in [2.05, 4.69) is 39.5 Å². The van der Waals surface area contributed by atoms with E-state index in [1.807, 2.05) is 74.5 Å². The van der Waals surface area contributed by atoms with Crippen LogP contribution in [0.3, 0.4) is 0 Å². The second-order valence-electron chi connectivity index (χ2n) is 23.0. The Morgan fingerprint density at radius 1 is 1.00 bits per heavy atom. The number of carbonyl (C=O) groups excluding carboxylic acids is 2. The topological polar surface area (TPSA) is 276 Å². The summed E-state index contributed by atoms with van der Waals surface area (Å²) in [6.45, 7) is 11.3. The van der Waals surface area contributed by atoms with Crippen molar-refractivity contribution in [3.63, 3.8) is 0 Å². The number of guanidine groups is 1. The summed E-state index contributed by atoms with van der Waals surface area (Å²) in [6, 6.07) is 21.8. The number of phenolic OH excluding ortho intramolecular Hbond substituents is 1. The molecule has 0 saturated heterocycles. The molecule has 2 aliphatic carbocycles. The molecule has 8 rings (SSSR count). The third-order valence-corrected chi connectivity index (χ3v) is 17.8. The van der Waals surface area contributed by atoms with Crippen LogP contribution in [0.4, 0.5) is 0 Å². The molecule has 15 heteroatoms. The number of β-amino-alcohol motifs (C(OH)–C–C–N with tert-alkyl or cyclic N) is 1. The van der Waals surface area contributed by atoms with Gasteiger partial charge in [0.05, 0.1) is 36.1 Å². The Bertz CT molecular complexity index is 2950. The number of aliphatic imine (C=N–C) groups is 1. The van der Waals surface area contributed by atoms with Crippen LogP contribution < -0.4 is 27.4 Å². The molecule has 3 aromatic carbocycles. The second kappa shape index (κ2) is 24.4. The highest BCUT2D eigenvalue weighted by Crippen LogP contribution is 2.63. The van der Waals surface area contributed by atoms with Gasteiger partial charge in [0, 0.05) is 55.1 Å². The molecule has 2 saturated carbocycles. The number of carbonyl (C=O) groups is 2. The van der Waals surface area contributed by atoms with E-state index in [1.54, 1.807) is 44.2 Å². The van der Waals surface area contributed by atoms with E-state index in [1.165, 1.54) is 0 Å². The lowest BCUT2D eigenvalue weighted by Crippen LogP contribution is -2.59. The molecule has 0 aromatic heterocycles. The fraction of sp³-hybridized carbons (Fsp3) is 0.476. The summed E-state index contributed by atoms with van der Waals surface area (Å²) in [5.41, 5.74) is 16.3. The Morgan fingerprint density at radius 2 is 1.73 bits per heavy atom. The molecule has 3 aliphatic heterocycles. The summed E-state index contributed by atoms with van der Waals surface area (Å²) in [6.07, 6.45) is 6.23. The van der Waals surface area contributed by atoms with Crippen LogP contribution in [0.2, 0.25) is 0 Å². The van der Waals surface area contributed by atoms with Crippen molar-refractivity contribution in [3.8, 4) is 17.7 Å². The normalized spacial score (nSPS) is 31.5.